The fourth-order valence-electron chi connectivity index (χ4n) is 5.37. The summed E-state index contributed by atoms with van der Waals surface area (Å²) in [5.41, 5.74) is -2.18. The molecule has 4 rings (SSSR count). The van der Waals surface area contributed by atoms with Crippen LogP contribution in [0.5, 0.6) is 0 Å². The fraction of sp³-hybridized carbons (Fsp3) is 0.552. The summed E-state index contributed by atoms with van der Waals surface area (Å²) in [7, 11) is 0. The Morgan fingerprint density at radius 3 is 2.47 bits per heavy atom. The zero-order valence-electron chi connectivity index (χ0n) is 23.9. The van der Waals surface area contributed by atoms with Gasteiger partial charge in [0.05, 0.1) is 31.5 Å². The van der Waals surface area contributed by atoms with Gasteiger partial charge in [-0.25, -0.2) is 9.18 Å². The minimum absolute atomic E-state index is 0.180. The Balaban J connectivity index is 0.000000331. The summed E-state index contributed by atoms with van der Waals surface area (Å²) in [5, 5.41) is 37.9. The van der Waals surface area contributed by atoms with Gasteiger partial charge >= 0.3 is 23.9 Å². The van der Waals surface area contributed by atoms with Gasteiger partial charge in [-0.1, -0.05) is 17.3 Å². The number of carbonyl (C=O) groups excluding carboxylic acids is 1. The molecule has 2 atom stereocenters. The van der Waals surface area contributed by atoms with Crippen LogP contribution in [0.15, 0.2) is 34.9 Å². The van der Waals surface area contributed by atoms with E-state index in [9.17, 15) is 23.6 Å². The number of rotatable bonds is 12. The molecule has 2 saturated heterocycles. The number of likely N-dealkylation sites (tertiary alicyclic amines) is 1. The third-order valence-corrected chi connectivity index (χ3v) is 7.38. The van der Waals surface area contributed by atoms with Crippen LogP contribution in [0.4, 0.5) is 4.39 Å². The highest BCUT2D eigenvalue weighted by molar-refractivity contribution is 5.88. The Bertz CT molecular complexity index is 1260. The Kier molecular flexibility index (Phi) is 11.7. The van der Waals surface area contributed by atoms with Crippen LogP contribution in [-0.4, -0.2) is 99.4 Å². The number of ether oxygens (including phenoxy) is 2. The average Bonchev–Trinajstić information content (AvgIpc) is 3.61. The van der Waals surface area contributed by atoms with Crippen LogP contribution in [-0.2, 0) is 35.1 Å². The number of piperidine rings is 1. The summed E-state index contributed by atoms with van der Waals surface area (Å²) in [4.78, 5) is 45.9. The molecule has 1 aromatic carbocycles. The van der Waals surface area contributed by atoms with Gasteiger partial charge in [0.15, 0.2) is 5.60 Å². The quantitative estimate of drug-likeness (QED) is 0.257. The Labute approximate surface area is 247 Å². The molecule has 0 radical (unpaired) electrons. The number of aromatic nitrogens is 1. The van der Waals surface area contributed by atoms with E-state index < -0.39 is 41.8 Å². The third-order valence-electron chi connectivity index (χ3n) is 7.38. The molecular weight excluding hydrogens is 571 g/mol. The third kappa shape index (κ3) is 9.56. The minimum atomic E-state index is -2.74. The van der Waals surface area contributed by atoms with Crippen molar-refractivity contribution < 1.29 is 58.0 Å². The standard InChI is InChI=1S/C23H29FN2O4.C6H8O7/c1-2-29-22(27)23(8-4-9-26(16-23)14-17-7-10-28-15-17)13-20-12-21(25-30-20)18-5-3-6-19(24)11-18;7-3(8)1-6(13,5(11)12)2-4(9)10/h3,5-6,11-12,17H,2,4,7-10,13-16H2,1H3;13H,1-2H2,(H,7,8)(H,9,10)(H,11,12). The SMILES string of the molecule is CCOC(=O)C1(Cc2cc(-c3cccc(F)c3)no2)CCCN(CC2CCOC2)C1.O=C(O)CC(O)(CC(=O)O)C(=O)O. The molecule has 4 N–H and O–H groups in total. The van der Waals surface area contributed by atoms with Crippen molar-refractivity contribution in [3.8, 4) is 11.3 Å². The second kappa shape index (κ2) is 15.0. The van der Waals surface area contributed by atoms with E-state index in [1.54, 1.807) is 18.2 Å². The number of hydrogen-bond donors (Lipinski definition) is 4. The number of esters is 1. The second-order valence-corrected chi connectivity index (χ2v) is 10.9. The molecule has 14 heteroatoms. The highest BCUT2D eigenvalue weighted by atomic mass is 19.1. The van der Waals surface area contributed by atoms with Crippen molar-refractivity contribution in [1.29, 1.82) is 0 Å². The first kappa shape index (κ1) is 33.6. The number of carbonyl (C=O) groups is 4. The van der Waals surface area contributed by atoms with Gasteiger partial charge in [-0.15, -0.1) is 0 Å². The molecule has 0 saturated carbocycles. The van der Waals surface area contributed by atoms with Gasteiger partial charge in [0.1, 0.15) is 17.3 Å². The zero-order chi connectivity index (χ0) is 31.6. The molecule has 3 heterocycles. The molecule has 2 unspecified atom stereocenters. The van der Waals surface area contributed by atoms with Crippen molar-refractivity contribution in [2.45, 2.75) is 51.0 Å². The maximum atomic E-state index is 13.6. The molecule has 2 aromatic rings. The molecular formula is C29H37FN2O11. The number of nitrogens with zero attached hydrogens (tertiary/aromatic N) is 2. The molecule has 0 aliphatic carbocycles. The van der Waals surface area contributed by atoms with Gasteiger partial charge in [-0.05, 0) is 50.8 Å². The smallest absolute Gasteiger partial charge is 0.336 e. The predicted molar refractivity (Wildman–Crippen MR) is 146 cm³/mol. The normalized spacial score (nSPS) is 20.6. The number of carboxylic acids is 3. The van der Waals surface area contributed by atoms with Crippen LogP contribution in [0.25, 0.3) is 11.3 Å². The molecule has 13 nitrogen and oxygen atoms in total. The number of carboxylic acid groups (broad SMARTS) is 3. The molecule has 1 aromatic heterocycles. The summed E-state index contributed by atoms with van der Waals surface area (Å²) >= 11 is 0. The van der Waals surface area contributed by atoms with Crippen molar-refractivity contribution in [3.63, 3.8) is 0 Å². The molecule has 0 amide bonds. The average molecular weight is 609 g/mol. The first-order valence-electron chi connectivity index (χ1n) is 13.9. The summed E-state index contributed by atoms with van der Waals surface area (Å²) in [6.07, 6.45) is 0.883. The van der Waals surface area contributed by atoms with Gasteiger partial charge in [0.2, 0.25) is 0 Å². The van der Waals surface area contributed by atoms with Gasteiger partial charge in [0, 0.05) is 37.7 Å². The minimum Gasteiger partial charge on any atom is -0.481 e. The van der Waals surface area contributed by atoms with Gasteiger partial charge in [-0.3, -0.25) is 14.4 Å². The van der Waals surface area contributed by atoms with E-state index in [2.05, 4.69) is 10.1 Å². The van der Waals surface area contributed by atoms with Gasteiger partial charge in [-0.2, -0.15) is 0 Å². The lowest BCUT2D eigenvalue weighted by molar-refractivity contribution is -0.170. The highest BCUT2D eigenvalue weighted by Gasteiger charge is 2.45. The zero-order valence-corrected chi connectivity index (χ0v) is 23.9. The monoisotopic (exact) mass is 608 g/mol. The lowest BCUT2D eigenvalue weighted by Crippen LogP contribution is -2.50. The molecule has 2 aliphatic rings. The van der Waals surface area contributed by atoms with E-state index in [0.29, 0.717) is 42.5 Å². The lowest BCUT2D eigenvalue weighted by atomic mass is 9.76. The van der Waals surface area contributed by atoms with Crippen LogP contribution in [0, 0.1) is 17.2 Å². The van der Waals surface area contributed by atoms with E-state index >= 15 is 0 Å². The lowest BCUT2D eigenvalue weighted by Gasteiger charge is -2.41. The number of hydrogen-bond acceptors (Lipinski definition) is 10. The molecule has 0 bridgehead atoms. The van der Waals surface area contributed by atoms with Crippen LogP contribution in [0.2, 0.25) is 0 Å². The van der Waals surface area contributed by atoms with Crippen molar-refractivity contribution in [3.05, 3.63) is 41.9 Å². The van der Waals surface area contributed by atoms with Crippen molar-refractivity contribution in [2.24, 2.45) is 11.3 Å². The summed E-state index contributed by atoms with van der Waals surface area (Å²) in [6.45, 7) is 6.35. The first-order chi connectivity index (χ1) is 20.4. The van der Waals surface area contributed by atoms with Gasteiger partial charge in [0.25, 0.3) is 0 Å². The Hall–Kier alpha value is -3.88. The maximum absolute atomic E-state index is 13.6. The van der Waals surface area contributed by atoms with Crippen LogP contribution < -0.4 is 0 Å². The first-order valence-corrected chi connectivity index (χ1v) is 13.9. The van der Waals surface area contributed by atoms with Crippen LogP contribution in [0.3, 0.4) is 0 Å². The van der Waals surface area contributed by atoms with Crippen molar-refractivity contribution >= 4 is 23.9 Å². The van der Waals surface area contributed by atoms with Crippen LogP contribution >= 0.6 is 0 Å². The van der Waals surface area contributed by atoms with Crippen LogP contribution in [0.1, 0.15) is 44.8 Å². The van der Waals surface area contributed by atoms with E-state index in [-0.39, 0.29) is 11.8 Å². The van der Waals surface area contributed by atoms with E-state index in [1.165, 1.54) is 12.1 Å². The Morgan fingerprint density at radius 2 is 1.88 bits per heavy atom. The van der Waals surface area contributed by atoms with Crippen molar-refractivity contribution in [2.75, 3.05) is 39.5 Å². The highest BCUT2D eigenvalue weighted by Crippen LogP contribution is 2.37. The van der Waals surface area contributed by atoms with E-state index in [1.807, 2.05) is 6.92 Å². The van der Waals surface area contributed by atoms with E-state index in [4.69, 9.17) is 34.4 Å². The topological polar surface area (TPSA) is 197 Å². The molecule has 2 fully saturated rings. The number of halogens is 1. The molecule has 236 valence electrons. The predicted octanol–water partition coefficient (Wildman–Crippen LogP) is 2.46. The summed E-state index contributed by atoms with van der Waals surface area (Å²) in [6, 6.07) is 8.06. The second-order valence-electron chi connectivity index (χ2n) is 10.9. The Morgan fingerprint density at radius 1 is 1.16 bits per heavy atom. The van der Waals surface area contributed by atoms with Crippen molar-refractivity contribution in [1.82, 2.24) is 10.1 Å². The molecule has 0 spiro atoms. The molecule has 2 aliphatic heterocycles. The number of aliphatic hydroxyl groups is 1. The summed E-state index contributed by atoms with van der Waals surface area (Å²) in [5.74, 6) is -4.38. The van der Waals surface area contributed by atoms with Gasteiger partial charge < -0.3 is 39.3 Å². The summed E-state index contributed by atoms with van der Waals surface area (Å²) < 4.78 is 30.1. The number of benzene rings is 1. The number of aliphatic carboxylic acids is 3. The molecule has 43 heavy (non-hydrogen) atoms. The maximum Gasteiger partial charge on any atom is 0.336 e. The largest absolute Gasteiger partial charge is 0.481 e. The fourth-order valence-corrected chi connectivity index (χ4v) is 5.37. The van der Waals surface area contributed by atoms with E-state index in [0.717, 1.165) is 45.6 Å².